The topological polar surface area (TPSA) is 89.8 Å². The molecule has 0 saturated carbocycles. The van der Waals surface area contributed by atoms with E-state index < -0.39 is 34.0 Å². The van der Waals surface area contributed by atoms with E-state index in [9.17, 15) is 32.9 Å². The van der Waals surface area contributed by atoms with Gasteiger partial charge in [-0.3, -0.25) is 19.7 Å². The lowest BCUT2D eigenvalue weighted by molar-refractivity contribution is -0.385. The van der Waals surface area contributed by atoms with Crippen LogP contribution in [0.2, 0.25) is 5.02 Å². The van der Waals surface area contributed by atoms with Crippen LogP contribution in [0.3, 0.4) is 0 Å². The molecule has 7 nitrogen and oxygen atoms in total. The highest BCUT2D eigenvalue weighted by molar-refractivity contribution is 6.30. The van der Waals surface area contributed by atoms with E-state index in [0.717, 1.165) is 17.5 Å². The van der Waals surface area contributed by atoms with E-state index in [1.54, 1.807) is 6.07 Å². The number of nitro groups is 1. The monoisotopic (exact) mass is 560 g/mol. The van der Waals surface area contributed by atoms with Crippen molar-refractivity contribution in [2.75, 3.05) is 6.54 Å². The molecule has 204 valence electrons. The Morgan fingerprint density at radius 2 is 1.56 bits per heavy atom. The minimum absolute atomic E-state index is 0.0626. The van der Waals surface area contributed by atoms with E-state index in [2.05, 4.69) is 4.90 Å². The number of carbonyl (C=O) groups is 2. The summed E-state index contributed by atoms with van der Waals surface area (Å²) in [5.74, 6) is -1.35. The van der Waals surface area contributed by atoms with Crippen molar-refractivity contribution in [3.05, 3.63) is 85.2 Å². The summed E-state index contributed by atoms with van der Waals surface area (Å²) in [6.45, 7) is 2.55. The number of halogens is 4. The Kier molecular flexibility index (Phi) is 7.00. The molecule has 2 aromatic carbocycles. The van der Waals surface area contributed by atoms with Crippen molar-refractivity contribution < 1.29 is 32.4 Å². The molecule has 0 saturated heterocycles. The second-order valence-corrected chi connectivity index (χ2v) is 10.1. The molecule has 11 heteroatoms. The molecule has 2 aromatic rings. The summed E-state index contributed by atoms with van der Waals surface area (Å²) < 4.78 is 45.6. The third-order valence-electron chi connectivity index (χ3n) is 7.39. The van der Waals surface area contributed by atoms with Crippen LogP contribution in [-0.4, -0.2) is 27.9 Å². The number of alkyl halides is 3. The summed E-state index contributed by atoms with van der Waals surface area (Å²) in [5.41, 5.74) is 0.955. The average Bonchev–Trinajstić information content (AvgIpc) is 2.88. The fourth-order valence-corrected chi connectivity index (χ4v) is 5.97. The van der Waals surface area contributed by atoms with Crippen LogP contribution < -0.4 is 4.74 Å². The van der Waals surface area contributed by atoms with Crippen molar-refractivity contribution in [3.63, 3.8) is 0 Å². The molecule has 1 heterocycles. The molecule has 3 aliphatic rings. The van der Waals surface area contributed by atoms with Crippen molar-refractivity contribution in [2.45, 2.75) is 57.5 Å². The van der Waals surface area contributed by atoms with Crippen molar-refractivity contribution in [1.82, 2.24) is 4.90 Å². The third-order valence-corrected chi connectivity index (χ3v) is 7.62. The first kappa shape index (κ1) is 26.9. The summed E-state index contributed by atoms with van der Waals surface area (Å²) >= 11 is 6.37. The van der Waals surface area contributed by atoms with Crippen LogP contribution in [0.4, 0.5) is 18.9 Å². The molecule has 0 fully saturated rings. The summed E-state index contributed by atoms with van der Waals surface area (Å²) in [4.78, 5) is 39.6. The van der Waals surface area contributed by atoms with Gasteiger partial charge in [0, 0.05) is 64.5 Å². The molecule has 2 aliphatic carbocycles. The lowest BCUT2D eigenvalue weighted by Crippen LogP contribution is -2.39. The molecule has 0 amide bonds. The minimum Gasteiger partial charge on any atom is -0.450 e. The predicted molar refractivity (Wildman–Crippen MR) is 137 cm³/mol. The smallest absolute Gasteiger partial charge is 0.416 e. The van der Waals surface area contributed by atoms with Crippen LogP contribution in [0.1, 0.15) is 62.5 Å². The van der Waals surface area contributed by atoms with E-state index >= 15 is 0 Å². The molecule has 5 rings (SSSR count). The number of carbonyl (C=O) groups excluding carboxylic acids is 2. The van der Waals surface area contributed by atoms with Crippen LogP contribution in [0.5, 0.6) is 11.5 Å². The SMILES string of the molecule is CCN1C2=C(C(=O)CCC2)C(c2cc(Cl)ccc2Oc2ccc(C(F)(F)F)cc2[N+](=O)[O-])C2=C1CCCC2=O. The van der Waals surface area contributed by atoms with Crippen molar-refractivity contribution in [1.29, 1.82) is 0 Å². The second kappa shape index (κ2) is 10.1. The van der Waals surface area contributed by atoms with Gasteiger partial charge in [-0.25, -0.2) is 0 Å². The predicted octanol–water partition coefficient (Wildman–Crippen LogP) is 7.49. The third kappa shape index (κ3) is 4.82. The van der Waals surface area contributed by atoms with Crippen LogP contribution in [-0.2, 0) is 15.8 Å². The largest absolute Gasteiger partial charge is 0.450 e. The maximum Gasteiger partial charge on any atom is 0.416 e. The zero-order valence-corrected chi connectivity index (χ0v) is 21.7. The summed E-state index contributed by atoms with van der Waals surface area (Å²) in [6.07, 6.45) is -1.51. The number of nitrogens with zero attached hydrogens (tertiary/aromatic N) is 2. The normalized spacial score (nSPS) is 18.3. The zero-order chi connectivity index (χ0) is 28.1. The highest BCUT2D eigenvalue weighted by Crippen LogP contribution is 2.52. The molecular weight excluding hydrogens is 537 g/mol. The van der Waals surface area contributed by atoms with Crippen molar-refractivity contribution in [2.24, 2.45) is 0 Å². The molecule has 0 atom stereocenters. The molecule has 0 bridgehead atoms. The van der Waals surface area contributed by atoms with Gasteiger partial charge in [0.2, 0.25) is 5.75 Å². The van der Waals surface area contributed by atoms with Crippen LogP contribution in [0, 0.1) is 10.1 Å². The number of Topliss-reactive ketones (excluding diaryl/α,β-unsaturated/α-hetero) is 2. The average molecular weight is 561 g/mol. The fourth-order valence-electron chi connectivity index (χ4n) is 5.79. The first-order valence-electron chi connectivity index (χ1n) is 12.6. The maximum absolute atomic E-state index is 13.4. The summed E-state index contributed by atoms with van der Waals surface area (Å²) in [7, 11) is 0. The van der Waals surface area contributed by atoms with Crippen molar-refractivity contribution in [3.8, 4) is 11.5 Å². The van der Waals surface area contributed by atoms with Gasteiger partial charge in [-0.15, -0.1) is 0 Å². The number of ketones is 2. The standard InChI is InChI=1S/C28H24ClF3N2O5/c1-2-33-18-5-3-7-21(35)26(18)25(27-19(33)6-4-8-22(27)36)17-14-16(29)10-12-23(17)39-24-11-9-15(28(30,31)32)13-20(24)34(37)38/h9-14,25H,2-8H2,1H3. The number of hydrogen-bond donors (Lipinski definition) is 0. The Balaban J connectivity index is 1.70. The molecular formula is C28H24ClF3N2O5. The van der Waals surface area contributed by atoms with E-state index in [1.807, 2.05) is 6.92 Å². The first-order valence-corrected chi connectivity index (χ1v) is 13.0. The highest BCUT2D eigenvalue weighted by atomic mass is 35.5. The van der Waals surface area contributed by atoms with Crippen LogP contribution in [0.25, 0.3) is 0 Å². The Hall–Kier alpha value is -3.66. The molecule has 0 unspecified atom stereocenters. The molecule has 0 N–H and O–H groups in total. The minimum atomic E-state index is -4.78. The molecule has 39 heavy (non-hydrogen) atoms. The van der Waals surface area contributed by atoms with E-state index in [0.29, 0.717) is 73.9 Å². The first-order chi connectivity index (χ1) is 18.5. The summed E-state index contributed by atoms with van der Waals surface area (Å²) in [6, 6.07) is 6.50. The van der Waals surface area contributed by atoms with Gasteiger partial charge >= 0.3 is 11.9 Å². The second-order valence-electron chi connectivity index (χ2n) is 9.67. The van der Waals surface area contributed by atoms with Crippen LogP contribution in [0.15, 0.2) is 58.9 Å². The number of hydrogen-bond acceptors (Lipinski definition) is 6. The Bertz CT molecular complexity index is 1420. The van der Waals surface area contributed by atoms with Crippen molar-refractivity contribution >= 4 is 28.9 Å². The lowest BCUT2D eigenvalue weighted by atomic mass is 9.70. The Labute approximate surface area is 227 Å². The molecule has 0 aromatic heterocycles. The van der Waals surface area contributed by atoms with E-state index in [1.165, 1.54) is 12.1 Å². The zero-order valence-electron chi connectivity index (χ0n) is 20.9. The molecule has 0 spiro atoms. The lowest BCUT2D eigenvalue weighted by Gasteiger charge is -2.43. The summed E-state index contributed by atoms with van der Waals surface area (Å²) in [5, 5.41) is 12.0. The van der Waals surface area contributed by atoms with Gasteiger partial charge in [0.25, 0.3) is 0 Å². The molecule has 1 aliphatic heterocycles. The van der Waals surface area contributed by atoms with Gasteiger partial charge in [-0.2, -0.15) is 13.2 Å². The van der Waals surface area contributed by atoms with Gasteiger partial charge < -0.3 is 9.64 Å². The fraction of sp³-hybridized carbons (Fsp3) is 0.357. The Morgan fingerprint density at radius 1 is 0.974 bits per heavy atom. The van der Waals surface area contributed by atoms with Gasteiger partial charge in [-0.05, 0) is 62.9 Å². The van der Waals surface area contributed by atoms with E-state index in [4.69, 9.17) is 16.3 Å². The number of benzene rings is 2. The number of ether oxygens (including phenoxy) is 1. The maximum atomic E-state index is 13.4. The van der Waals surface area contributed by atoms with E-state index in [-0.39, 0.29) is 22.3 Å². The Morgan fingerprint density at radius 3 is 2.10 bits per heavy atom. The van der Waals surface area contributed by atoms with Crippen LogP contribution >= 0.6 is 11.6 Å². The number of rotatable bonds is 5. The highest BCUT2D eigenvalue weighted by Gasteiger charge is 2.44. The van der Waals surface area contributed by atoms with Gasteiger partial charge in [0.05, 0.1) is 10.5 Å². The molecule has 0 radical (unpaired) electrons. The van der Waals surface area contributed by atoms with Gasteiger partial charge in [0.15, 0.2) is 11.6 Å². The quantitative estimate of drug-likeness (QED) is 0.278. The number of nitro benzene ring substituents is 1. The van der Waals surface area contributed by atoms with Gasteiger partial charge in [0.1, 0.15) is 5.75 Å². The van der Waals surface area contributed by atoms with Gasteiger partial charge in [-0.1, -0.05) is 11.6 Å². The number of allylic oxidation sites excluding steroid dienone is 4.